The third kappa shape index (κ3) is 7.52. The lowest BCUT2D eigenvalue weighted by Crippen LogP contribution is -2.70. The number of benzene rings is 2. The fourth-order valence-electron chi connectivity index (χ4n) is 15.3. The quantitative estimate of drug-likeness (QED) is 0.253. The summed E-state index contributed by atoms with van der Waals surface area (Å²) in [5.41, 5.74) is 5.78. The Balaban J connectivity index is 0.975. The second-order valence-corrected chi connectivity index (χ2v) is 23.8. The molecule has 15 atom stereocenters. The molecule has 0 spiro atoms. The maximum atomic E-state index is 13.0. The van der Waals surface area contributed by atoms with E-state index in [0.717, 1.165) is 63.1 Å². The number of aliphatic hydroxyl groups excluding tert-OH is 2. The van der Waals surface area contributed by atoms with Crippen molar-refractivity contribution in [2.75, 3.05) is 18.8 Å². The summed E-state index contributed by atoms with van der Waals surface area (Å²) in [6, 6.07) is 18.7. The molecule has 9 rings (SSSR count). The minimum absolute atomic E-state index is 0.139. The molecule has 0 amide bonds. The summed E-state index contributed by atoms with van der Waals surface area (Å²) in [4.78, 5) is 2.87. The predicted octanol–water partition coefficient (Wildman–Crippen LogP) is 10.6. The van der Waals surface area contributed by atoms with Crippen molar-refractivity contribution in [1.29, 1.82) is 0 Å². The number of piperidine rings is 2. The fourth-order valence-corrected chi connectivity index (χ4v) is 17.8. The first kappa shape index (κ1) is 40.4. The fraction of sp³-hybridized carbons (Fsp3) is 0.760. The van der Waals surface area contributed by atoms with Gasteiger partial charge in [-0.3, -0.25) is 4.90 Å². The van der Waals surface area contributed by atoms with Crippen LogP contribution in [0.2, 0.25) is 0 Å². The van der Waals surface area contributed by atoms with Crippen molar-refractivity contribution in [3.05, 3.63) is 70.8 Å². The van der Waals surface area contributed by atoms with Gasteiger partial charge in [-0.05, 0) is 190 Å². The molecule has 2 aromatic carbocycles. The van der Waals surface area contributed by atoms with E-state index in [1.165, 1.54) is 56.9 Å². The molecule has 4 saturated carbocycles. The third-order valence-corrected chi connectivity index (χ3v) is 20.3. The summed E-state index contributed by atoms with van der Waals surface area (Å²) in [6.07, 6.45) is 15.4. The molecule has 0 unspecified atom stereocenters. The molecule has 2 bridgehead atoms. The van der Waals surface area contributed by atoms with Crippen LogP contribution in [0.5, 0.6) is 0 Å². The summed E-state index contributed by atoms with van der Waals surface area (Å²) >= 11 is 0. The second-order valence-electron chi connectivity index (χ2n) is 21.3. The van der Waals surface area contributed by atoms with E-state index in [-0.39, 0.29) is 29.6 Å². The minimum atomic E-state index is -0.671. The number of nitrogens with zero attached hydrogens (tertiary/aromatic N) is 1. The highest BCUT2D eigenvalue weighted by Gasteiger charge is 2.65. The summed E-state index contributed by atoms with van der Waals surface area (Å²) in [6.45, 7) is 11.8. The number of hydrogen-bond acceptors (Lipinski definition) is 6. The summed E-state index contributed by atoms with van der Waals surface area (Å²) in [5.74, 6) is 8.47. The molecular formula is C50H73NO3S2. The van der Waals surface area contributed by atoms with Crippen molar-refractivity contribution in [3.8, 4) is 0 Å². The van der Waals surface area contributed by atoms with Crippen molar-refractivity contribution in [2.24, 2.45) is 64.6 Å². The van der Waals surface area contributed by atoms with Gasteiger partial charge in [0.05, 0.1) is 17.8 Å². The maximum Gasteiger partial charge on any atom is 0.0808 e. The first-order chi connectivity index (χ1) is 27.0. The van der Waals surface area contributed by atoms with Gasteiger partial charge in [0.1, 0.15) is 0 Å². The number of aryl methyl sites for hydroxylation is 2. The van der Waals surface area contributed by atoms with Crippen LogP contribution in [0, 0.1) is 64.6 Å². The Morgan fingerprint density at radius 2 is 1.61 bits per heavy atom. The standard InChI is InChI=1S/C50H73NO3S2/c1-31(2)13-16-34-11-8-12-38-35(17-14-32-9-6-5-7-10-32)18-15-33-23-36(29-55-56-30-43(34)38)48-50(4,54)44-20-19-39-40(42(44)28-51(48)27-33)25-45-41(39)26-47(53)46-24-37(52)21-22-49(45,46)3/h5-12,31,33,35-37,39-42,44-48,52-54H,13-30H2,1-4H3/t33-,35-,36-,37-,39-,40-,41-,42-,44+,45+,46-,47-,48-,49+,50-/m0/s1. The van der Waals surface area contributed by atoms with Crippen molar-refractivity contribution in [2.45, 2.75) is 153 Å². The summed E-state index contributed by atoms with van der Waals surface area (Å²) < 4.78 is 0. The minimum Gasteiger partial charge on any atom is -0.393 e. The number of fused-ring (bicyclic) bond motifs is 12. The molecule has 56 heavy (non-hydrogen) atoms. The van der Waals surface area contributed by atoms with E-state index in [1.54, 1.807) is 16.7 Å². The molecule has 3 aliphatic heterocycles. The van der Waals surface area contributed by atoms with Gasteiger partial charge in [-0.25, -0.2) is 0 Å². The Morgan fingerprint density at radius 3 is 2.43 bits per heavy atom. The smallest absolute Gasteiger partial charge is 0.0808 e. The highest BCUT2D eigenvalue weighted by atomic mass is 33.1. The van der Waals surface area contributed by atoms with Gasteiger partial charge in [0, 0.05) is 30.6 Å². The average molecular weight is 800 g/mol. The van der Waals surface area contributed by atoms with E-state index < -0.39 is 5.60 Å². The number of aliphatic hydroxyl groups is 3. The van der Waals surface area contributed by atoms with Crippen molar-refractivity contribution < 1.29 is 15.3 Å². The SMILES string of the molecule is CC(C)CCc1cccc2c1CSSC[C@@H]1C[C@H](CC[C@@H]2CCc2ccccc2)CN2C[C@H]3[C@H]4C[C@@H]5[C@@H](C[C@H](O)[C@@H]6C[C@@H](O)CC[C@]56C)[C@H]4CC[C@H]3[C@](C)(O)[C@H]12. The highest BCUT2D eigenvalue weighted by molar-refractivity contribution is 8.76. The molecule has 4 nitrogen and oxygen atoms in total. The molecule has 3 heterocycles. The van der Waals surface area contributed by atoms with Crippen LogP contribution >= 0.6 is 21.6 Å². The van der Waals surface area contributed by atoms with Gasteiger partial charge in [-0.15, -0.1) is 0 Å². The van der Waals surface area contributed by atoms with Crippen molar-refractivity contribution >= 4 is 21.6 Å². The lowest BCUT2D eigenvalue weighted by atomic mass is 9.51. The maximum absolute atomic E-state index is 13.0. The van der Waals surface area contributed by atoms with Crippen LogP contribution in [-0.2, 0) is 18.6 Å². The topological polar surface area (TPSA) is 63.9 Å². The third-order valence-electron chi connectivity index (χ3n) is 17.9. The van der Waals surface area contributed by atoms with Gasteiger partial charge in [-0.2, -0.15) is 0 Å². The zero-order valence-corrected chi connectivity index (χ0v) is 36.7. The zero-order valence-electron chi connectivity index (χ0n) is 35.0. The van der Waals surface area contributed by atoms with Crippen molar-refractivity contribution in [3.63, 3.8) is 0 Å². The van der Waals surface area contributed by atoms with Gasteiger partial charge < -0.3 is 15.3 Å². The van der Waals surface area contributed by atoms with Gasteiger partial charge in [-0.1, -0.05) is 90.9 Å². The molecular weight excluding hydrogens is 727 g/mol. The Bertz CT molecular complexity index is 1650. The summed E-state index contributed by atoms with van der Waals surface area (Å²) in [5, 5.41) is 35.2. The van der Waals surface area contributed by atoms with E-state index in [4.69, 9.17) is 0 Å². The lowest BCUT2D eigenvalue weighted by molar-refractivity contribution is -0.190. The van der Waals surface area contributed by atoms with E-state index in [9.17, 15) is 15.3 Å². The lowest BCUT2D eigenvalue weighted by Gasteiger charge is -2.62. The largest absolute Gasteiger partial charge is 0.393 e. The monoisotopic (exact) mass is 800 g/mol. The molecule has 0 radical (unpaired) electrons. The van der Waals surface area contributed by atoms with Crippen LogP contribution in [-0.4, -0.2) is 62.9 Å². The van der Waals surface area contributed by atoms with Crippen LogP contribution in [0.3, 0.4) is 0 Å². The average Bonchev–Trinajstić information content (AvgIpc) is 3.56. The van der Waals surface area contributed by atoms with E-state index >= 15 is 0 Å². The van der Waals surface area contributed by atoms with Crippen LogP contribution in [0.1, 0.15) is 133 Å². The predicted molar refractivity (Wildman–Crippen MR) is 235 cm³/mol. The first-order valence-corrected chi connectivity index (χ1v) is 25.7. The van der Waals surface area contributed by atoms with Gasteiger partial charge in [0.25, 0.3) is 0 Å². The molecule has 3 N–H and O–H groups in total. The van der Waals surface area contributed by atoms with Crippen molar-refractivity contribution in [1.82, 2.24) is 4.90 Å². The van der Waals surface area contributed by atoms with E-state index in [2.05, 4.69) is 103 Å². The van der Waals surface area contributed by atoms with Gasteiger partial charge >= 0.3 is 0 Å². The van der Waals surface area contributed by atoms with Crippen LogP contribution in [0.25, 0.3) is 0 Å². The molecule has 2 aromatic rings. The van der Waals surface area contributed by atoms with Gasteiger partial charge in [0.15, 0.2) is 0 Å². The summed E-state index contributed by atoms with van der Waals surface area (Å²) in [7, 11) is 4.20. The van der Waals surface area contributed by atoms with E-state index in [1.807, 2.05) is 0 Å². The highest BCUT2D eigenvalue weighted by Crippen LogP contribution is 2.67. The Hall–Kier alpha value is -1.02. The molecule has 6 heteroatoms. The molecule has 6 fully saturated rings. The Morgan fingerprint density at radius 1 is 0.768 bits per heavy atom. The number of rotatable bonds is 6. The number of hydrogen-bond donors (Lipinski definition) is 3. The van der Waals surface area contributed by atoms with Crippen LogP contribution in [0.4, 0.5) is 0 Å². The molecule has 2 saturated heterocycles. The zero-order chi connectivity index (χ0) is 38.8. The Kier molecular flexibility index (Phi) is 11.9. The van der Waals surface area contributed by atoms with Crippen LogP contribution in [0.15, 0.2) is 48.5 Å². The molecule has 4 aliphatic carbocycles. The first-order valence-electron chi connectivity index (χ1n) is 23.2. The molecule has 308 valence electrons. The second kappa shape index (κ2) is 16.4. The van der Waals surface area contributed by atoms with Gasteiger partial charge in [0.2, 0.25) is 0 Å². The van der Waals surface area contributed by atoms with Crippen LogP contribution < -0.4 is 0 Å². The normalized spacial score (nSPS) is 43.9. The van der Waals surface area contributed by atoms with E-state index in [0.29, 0.717) is 59.2 Å². The molecule has 0 aromatic heterocycles. The Labute approximate surface area is 347 Å². The molecule has 7 aliphatic rings.